The van der Waals surface area contributed by atoms with Crippen LogP contribution in [0, 0.1) is 6.42 Å². The lowest BCUT2D eigenvalue weighted by atomic mass is 10.0. The topological polar surface area (TPSA) is 3.24 Å². The van der Waals surface area contributed by atoms with E-state index in [0.717, 1.165) is 0 Å². The van der Waals surface area contributed by atoms with Gasteiger partial charge in [0.2, 0.25) is 0 Å². The molecule has 0 N–H and O–H groups in total. The predicted octanol–water partition coefficient (Wildman–Crippen LogP) is 2.97. The zero-order valence-corrected chi connectivity index (χ0v) is 8.89. The highest BCUT2D eigenvalue weighted by atomic mass is 15.2. The Morgan fingerprint density at radius 3 is 3.00 bits per heavy atom. The number of para-hydroxylation sites is 1. The second-order valence-electron chi connectivity index (χ2n) is 4.34. The molecule has 1 unspecified atom stereocenters. The first kappa shape index (κ1) is 9.02. The second-order valence-corrected chi connectivity index (χ2v) is 4.34. The van der Waals surface area contributed by atoms with E-state index < -0.39 is 0 Å². The second kappa shape index (κ2) is 3.73. The number of benzene rings is 1. The Labute approximate surface area is 91.4 Å². The van der Waals surface area contributed by atoms with Crippen molar-refractivity contribution in [1.82, 2.24) is 0 Å². The first-order chi connectivity index (χ1) is 7.45. The average Bonchev–Trinajstić information content (AvgIpc) is 2.74. The Morgan fingerprint density at radius 1 is 1.20 bits per heavy atom. The number of fused-ring (bicyclic) bond motifs is 1. The number of allylic oxidation sites excluding steroid dienone is 1. The van der Waals surface area contributed by atoms with Gasteiger partial charge in [-0.2, -0.15) is 0 Å². The first-order valence-electron chi connectivity index (χ1n) is 5.80. The summed E-state index contributed by atoms with van der Waals surface area (Å²) in [5.74, 6) is 0. The Hall–Kier alpha value is -1.24. The van der Waals surface area contributed by atoms with Crippen molar-refractivity contribution in [2.24, 2.45) is 0 Å². The molecule has 1 aromatic carbocycles. The molecule has 1 heteroatoms. The van der Waals surface area contributed by atoms with Crippen LogP contribution in [0.1, 0.15) is 18.4 Å². The van der Waals surface area contributed by atoms with Gasteiger partial charge in [-0.25, -0.2) is 0 Å². The quantitative estimate of drug-likeness (QED) is 0.670. The molecule has 0 amide bonds. The van der Waals surface area contributed by atoms with Crippen LogP contribution >= 0.6 is 0 Å². The molecule has 1 aliphatic carbocycles. The molecule has 77 valence electrons. The van der Waals surface area contributed by atoms with Crippen molar-refractivity contribution in [3.63, 3.8) is 0 Å². The molecule has 0 bridgehead atoms. The number of anilines is 1. The molecule has 3 rings (SSSR count). The maximum Gasteiger partial charge on any atom is 0.0402 e. The fourth-order valence-electron chi connectivity index (χ4n) is 2.63. The third kappa shape index (κ3) is 1.56. The van der Waals surface area contributed by atoms with E-state index in [1.54, 1.807) is 0 Å². The Kier molecular flexibility index (Phi) is 2.24. The molecular formula is C14H16N. The summed E-state index contributed by atoms with van der Waals surface area (Å²) in [6.07, 6.45) is 10.5. The lowest BCUT2D eigenvalue weighted by Gasteiger charge is -2.31. The van der Waals surface area contributed by atoms with E-state index >= 15 is 0 Å². The lowest BCUT2D eigenvalue weighted by Crippen LogP contribution is -2.34. The lowest BCUT2D eigenvalue weighted by molar-refractivity contribution is 0.623. The molecule has 0 saturated heterocycles. The first-order valence-corrected chi connectivity index (χ1v) is 5.80. The van der Waals surface area contributed by atoms with Gasteiger partial charge in [-0.15, -0.1) is 0 Å². The normalized spacial score (nSPS) is 24.3. The zero-order chi connectivity index (χ0) is 10.1. The van der Waals surface area contributed by atoms with Gasteiger partial charge in [0.1, 0.15) is 0 Å². The molecule has 0 aromatic heterocycles. The van der Waals surface area contributed by atoms with E-state index in [1.807, 2.05) is 0 Å². The van der Waals surface area contributed by atoms with Crippen molar-refractivity contribution in [3.05, 3.63) is 48.4 Å². The van der Waals surface area contributed by atoms with Crippen molar-refractivity contribution in [3.8, 4) is 0 Å². The number of hydrogen-bond acceptors (Lipinski definition) is 1. The summed E-state index contributed by atoms with van der Waals surface area (Å²) in [5, 5.41) is 0. The smallest absolute Gasteiger partial charge is 0.0402 e. The SMILES string of the molecule is [CH]1C=CCCC1N1CCc2ccccc21. The maximum absolute atomic E-state index is 2.55. The molecule has 1 aromatic rings. The van der Waals surface area contributed by atoms with Crippen LogP contribution in [0.15, 0.2) is 36.4 Å². The van der Waals surface area contributed by atoms with Crippen LogP contribution in [-0.4, -0.2) is 12.6 Å². The van der Waals surface area contributed by atoms with E-state index in [1.165, 1.54) is 37.1 Å². The molecule has 0 fully saturated rings. The van der Waals surface area contributed by atoms with Gasteiger partial charge in [0.25, 0.3) is 0 Å². The van der Waals surface area contributed by atoms with E-state index in [0.29, 0.717) is 6.04 Å². The predicted molar refractivity (Wildman–Crippen MR) is 64.0 cm³/mol. The highest BCUT2D eigenvalue weighted by molar-refractivity contribution is 5.59. The van der Waals surface area contributed by atoms with E-state index in [-0.39, 0.29) is 0 Å². The fourth-order valence-corrected chi connectivity index (χ4v) is 2.63. The number of nitrogens with zero attached hydrogens (tertiary/aromatic N) is 1. The van der Waals surface area contributed by atoms with Gasteiger partial charge >= 0.3 is 0 Å². The van der Waals surface area contributed by atoms with Gasteiger partial charge in [-0.3, -0.25) is 0 Å². The third-order valence-electron chi connectivity index (χ3n) is 3.42. The Morgan fingerprint density at radius 2 is 2.13 bits per heavy atom. The molecule has 1 heterocycles. The van der Waals surface area contributed by atoms with Crippen LogP contribution in [0.5, 0.6) is 0 Å². The van der Waals surface area contributed by atoms with Gasteiger partial charge < -0.3 is 4.90 Å². The summed E-state index contributed by atoms with van der Waals surface area (Å²) < 4.78 is 0. The van der Waals surface area contributed by atoms with Crippen LogP contribution in [-0.2, 0) is 6.42 Å². The molecule has 1 aliphatic heterocycles. The molecular weight excluding hydrogens is 182 g/mol. The molecule has 1 nitrogen and oxygen atoms in total. The van der Waals surface area contributed by atoms with Gasteiger partial charge in [-0.05, 0) is 30.9 Å². The largest absolute Gasteiger partial charge is 0.367 e. The minimum atomic E-state index is 0.624. The van der Waals surface area contributed by atoms with Gasteiger partial charge in [0.15, 0.2) is 0 Å². The zero-order valence-electron chi connectivity index (χ0n) is 8.89. The van der Waals surface area contributed by atoms with Crippen molar-refractivity contribution >= 4 is 5.69 Å². The average molecular weight is 198 g/mol. The van der Waals surface area contributed by atoms with Crippen molar-refractivity contribution in [2.45, 2.75) is 25.3 Å². The Bertz CT molecular complexity index is 381. The third-order valence-corrected chi connectivity index (χ3v) is 3.42. The minimum Gasteiger partial charge on any atom is -0.367 e. The van der Waals surface area contributed by atoms with E-state index in [2.05, 4.69) is 47.7 Å². The van der Waals surface area contributed by atoms with Crippen LogP contribution in [0.2, 0.25) is 0 Å². The Balaban J connectivity index is 1.87. The van der Waals surface area contributed by atoms with E-state index in [4.69, 9.17) is 0 Å². The summed E-state index contributed by atoms with van der Waals surface area (Å²) in [7, 11) is 0. The van der Waals surface area contributed by atoms with Crippen LogP contribution < -0.4 is 4.90 Å². The number of hydrogen-bond donors (Lipinski definition) is 0. The summed E-state index contributed by atoms with van der Waals surface area (Å²) in [6.45, 7) is 1.19. The number of rotatable bonds is 1. The monoisotopic (exact) mass is 198 g/mol. The van der Waals surface area contributed by atoms with Crippen molar-refractivity contribution < 1.29 is 0 Å². The summed E-state index contributed by atoms with van der Waals surface area (Å²) in [4.78, 5) is 2.55. The van der Waals surface area contributed by atoms with Gasteiger partial charge in [0, 0.05) is 24.7 Å². The van der Waals surface area contributed by atoms with Crippen molar-refractivity contribution in [2.75, 3.05) is 11.4 Å². The standard InChI is InChI=1S/C14H16N/c1-2-7-13(8-3-1)15-11-10-12-6-4-5-9-14(12)15/h1-2,4-7,9,13H,3,8,10-11H2. The molecule has 1 atom stereocenters. The van der Waals surface area contributed by atoms with Crippen molar-refractivity contribution in [1.29, 1.82) is 0 Å². The van der Waals surface area contributed by atoms with Crippen LogP contribution in [0.3, 0.4) is 0 Å². The fraction of sp³-hybridized carbons (Fsp3) is 0.357. The summed E-state index contributed by atoms with van der Waals surface area (Å²) in [6, 6.07) is 9.43. The van der Waals surface area contributed by atoms with Gasteiger partial charge in [0.05, 0.1) is 0 Å². The summed E-state index contributed by atoms with van der Waals surface area (Å²) >= 11 is 0. The highest BCUT2D eigenvalue weighted by Crippen LogP contribution is 2.32. The minimum absolute atomic E-state index is 0.624. The molecule has 15 heavy (non-hydrogen) atoms. The van der Waals surface area contributed by atoms with Crippen LogP contribution in [0.4, 0.5) is 5.69 Å². The molecule has 0 spiro atoms. The van der Waals surface area contributed by atoms with E-state index in [9.17, 15) is 0 Å². The molecule has 0 saturated carbocycles. The molecule has 2 aliphatic rings. The maximum atomic E-state index is 2.55. The van der Waals surface area contributed by atoms with Gasteiger partial charge in [-0.1, -0.05) is 30.4 Å². The molecule has 1 radical (unpaired) electrons. The highest BCUT2D eigenvalue weighted by Gasteiger charge is 2.25. The van der Waals surface area contributed by atoms with Crippen LogP contribution in [0.25, 0.3) is 0 Å². The summed E-state index contributed by atoms with van der Waals surface area (Å²) in [5.41, 5.74) is 2.97.